The van der Waals surface area contributed by atoms with Gasteiger partial charge in [-0.25, -0.2) is 4.79 Å². The van der Waals surface area contributed by atoms with Crippen LogP contribution in [0.25, 0.3) is 0 Å². The average molecular weight is 223 g/mol. The van der Waals surface area contributed by atoms with Crippen LogP contribution in [0.5, 0.6) is 0 Å². The summed E-state index contributed by atoms with van der Waals surface area (Å²) in [6.45, 7) is 3.68. The molecule has 0 aromatic carbocycles. The molecular formula is C6H12O3Zr. The standard InChI is InChI=1S/C6H12O3.Zr/c1-3-4-9-6(8)5(2)7;/h5,7H,3-4H2,1-2H3;. The number of hydrogen-bond donors (Lipinski definition) is 1. The molecule has 1 N–H and O–H groups in total. The first kappa shape index (κ1) is 12.9. The van der Waals surface area contributed by atoms with Crippen molar-refractivity contribution in [3.8, 4) is 0 Å². The molecule has 58 valence electrons. The van der Waals surface area contributed by atoms with Gasteiger partial charge in [-0.1, -0.05) is 6.92 Å². The first-order chi connectivity index (χ1) is 4.18. The smallest absolute Gasteiger partial charge is 0.334 e. The van der Waals surface area contributed by atoms with E-state index in [2.05, 4.69) is 4.74 Å². The Morgan fingerprint density at radius 2 is 2.20 bits per heavy atom. The molecule has 0 aromatic rings. The average Bonchev–Trinajstić information content (AvgIpc) is 1.82. The third-order valence-electron chi connectivity index (χ3n) is 0.790. The maximum absolute atomic E-state index is 10.4. The van der Waals surface area contributed by atoms with Crippen LogP contribution in [-0.4, -0.2) is 23.8 Å². The number of aliphatic hydroxyl groups is 1. The van der Waals surface area contributed by atoms with E-state index in [9.17, 15) is 4.79 Å². The number of carbonyl (C=O) groups excluding carboxylic acids is 1. The van der Waals surface area contributed by atoms with Crippen LogP contribution in [0.3, 0.4) is 0 Å². The zero-order valence-corrected chi connectivity index (χ0v) is 8.71. The molecule has 0 bridgehead atoms. The molecule has 0 aliphatic carbocycles. The van der Waals surface area contributed by atoms with E-state index in [0.717, 1.165) is 6.42 Å². The summed E-state index contributed by atoms with van der Waals surface area (Å²) < 4.78 is 4.56. The number of ether oxygens (including phenoxy) is 1. The van der Waals surface area contributed by atoms with E-state index in [1.807, 2.05) is 6.92 Å². The molecule has 10 heavy (non-hydrogen) atoms. The molecule has 0 aromatic heterocycles. The van der Waals surface area contributed by atoms with Gasteiger partial charge in [0.25, 0.3) is 0 Å². The Kier molecular flexibility index (Phi) is 9.60. The molecule has 1 atom stereocenters. The second-order valence-electron chi connectivity index (χ2n) is 1.84. The van der Waals surface area contributed by atoms with Crippen LogP contribution in [0.15, 0.2) is 0 Å². The second-order valence-corrected chi connectivity index (χ2v) is 1.84. The van der Waals surface area contributed by atoms with Gasteiger partial charge in [-0.3, -0.25) is 0 Å². The minimum atomic E-state index is -0.989. The quantitative estimate of drug-likeness (QED) is 0.701. The largest absolute Gasteiger partial charge is 0.464 e. The Hall–Kier alpha value is 0.313. The summed E-state index contributed by atoms with van der Waals surface area (Å²) in [5, 5.41) is 8.57. The van der Waals surface area contributed by atoms with E-state index in [4.69, 9.17) is 5.11 Å². The molecule has 0 aliphatic heterocycles. The molecule has 3 nitrogen and oxygen atoms in total. The summed E-state index contributed by atoms with van der Waals surface area (Å²) in [6, 6.07) is 0. The zero-order valence-electron chi connectivity index (χ0n) is 6.26. The Labute approximate surface area is 79.9 Å². The second kappa shape index (κ2) is 7.42. The molecule has 0 amide bonds. The van der Waals surface area contributed by atoms with Gasteiger partial charge in [0.15, 0.2) is 0 Å². The summed E-state index contributed by atoms with van der Waals surface area (Å²) in [5.41, 5.74) is 0. The SMILES string of the molecule is CCCOC(=O)C(C)O.[Zr]. The van der Waals surface area contributed by atoms with E-state index in [-0.39, 0.29) is 26.2 Å². The fraction of sp³-hybridized carbons (Fsp3) is 0.833. The van der Waals surface area contributed by atoms with Crippen molar-refractivity contribution in [3.05, 3.63) is 0 Å². The van der Waals surface area contributed by atoms with Gasteiger partial charge in [0.05, 0.1) is 6.61 Å². The summed E-state index contributed by atoms with van der Waals surface area (Å²) in [6.07, 6.45) is -0.199. The predicted octanol–water partition coefficient (Wildman–Crippen LogP) is 0.318. The fourth-order valence-electron chi connectivity index (χ4n) is 0.323. The van der Waals surface area contributed by atoms with Crippen molar-refractivity contribution >= 4 is 5.97 Å². The van der Waals surface area contributed by atoms with Gasteiger partial charge in [0, 0.05) is 26.2 Å². The Morgan fingerprint density at radius 1 is 1.70 bits per heavy atom. The van der Waals surface area contributed by atoms with Crippen molar-refractivity contribution in [1.82, 2.24) is 0 Å². The van der Waals surface area contributed by atoms with Gasteiger partial charge >= 0.3 is 5.97 Å². The minimum absolute atomic E-state index is 0. The third-order valence-corrected chi connectivity index (χ3v) is 0.790. The molecule has 0 radical (unpaired) electrons. The monoisotopic (exact) mass is 222 g/mol. The Bertz CT molecular complexity index is 93.0. The van der Waals surface area contributed by atoms with E-state index >= 15 is 0 Å². The van der Waals surface area contributed by atoms with Crippen LogP contribution in [0.4, 0.5) is 0 Å². The van der Waals surface area contributed by atoms with Crippen molar-refractivity contribution in [2.75, 3.05) is 6.61 Å². The van der Waals surface area contributed by atoms with Crippen LogP contribution in [-0.2, 0) is 35.7 Å². The summed E-state index contributed by atoms with van der Waals surface area (Å²) in [7, 11) is 0. The van der Waals surface area contributed by atoms with Gasteiger partial charge in [-0.05, 0) is 13.3 Å². The van der Waals surface area contributed by atoms with E-state index in [1.165, 1.54) is 6.92 Å². The summed E-state index contributed by atoms with van der Waals surface area (Å²) >= 11 is 0. The molecule has 4 heteroatoms. The molecule has 0 saturated heterocycles. The predicted molar refractivity (Wildman–Crippen MR) is 32.9 cm³/mol. The number of rotatable bonds is 3. The summed E-state index contributed by atoms with van der Waals surface area (Å²) in [4.78, 5) is 10.4. The van der Waals surface area contributed by atoms with Crippen molar-refractivity contribution in [3.63, 3.8) is 0 Å². The van der Waals surface area contributed by atoms with Gasteiger partial charge in [0.1, 0.15) is 6.10 Å². The Morgan fingerprint density at radius 3 is 2.50 bits per heavy atom. The molecule has 1 unspecified atom stereocenters. The van der Waals surface area contributed by atoms with Gasteiger partial charge in [0.2, 0.25) is 0 Å². The topological polar surface area (TPSA) is 46.5 Å². The summed E-state index contributed by atoms with van der Waals surface area (Å²) in [5.74, 6) is -0.545. The number of aliphatic hydroxyl groups excluding tert-OH is 1. The van der Waals surface area contributed by atoms with Gasteiger partial charge in [-0.2, -0.15) is 0 Å². The van der Waals surface area contributed by atoms with E-state index in [0.29, 0.717) is 6.61 Å². The first-order valence-corrected chi connectivity index (χ1v) is 3.03. The van der Waals surface area contributed by atoms with Crippen LogP contribution in [0.2, 0.25) is 0 Å². The maximum atomic E-state index is 10.4. The van der Waals surface area contributed by atoms with Crippen LogP contribution < -0.4 is 0 Å². The van der Waals surface area contributed by atoms with E-state index in [1.54, 1.807) is 0 Å². The van der Waals surface area contributed by atoms with Gasteiger partial charge < -0.3 is 9.84 Å². The molecule has 0 spiro atoms. The molecule has 0 saturated carbocycles. The van der Waals surface area contributed by atoms with Crippen molar-refractivity contribution < 1.29 is 40.8 Å². The van der Waals surface area contributed by atoms with E-state index < -0.39 is 12.1 Å². The zero-order chi connectivity index (χ0) is 7.28. The number of carbonyl (C=O) groups is 1. The first-order valence-electron chi connectivity index (χ1n) is 3.03. The maximum Gasteiger partial charge on any atom is 0.334 e. The molecule has 0 heterocycles. The van der Waals surface area contributed by atoms with Crippen LogP contribution in [0, 0.1) is 0 Å². The van der Waals surface area contributed by atoms with Gasteiger partial charge in [-0.15, -0.1) is 0 Å². The molecule has 0 fully saturated rings. The fourth-order valence-corrected chi connectivity index (χ4v) is 0.323. The third kappa shape index (κ3) is 6.43. The normalized spacial score (nSPS) is 11.5. The van der Waals surface area contributed by atoms with Crippen molar-refractivity contribution in [1.29, 1.82) is 0 Å². The van der Waals surface area contributed by atoms with Crippen molar-refractivity contribution in [2.24, 2.45) is 0 Å². The number of hydrogen-bond acceptors (Lipinski definition) is 3. The molecule has 0 aliphatic rings. The molecular weight excluding hydrogens is 211 g/mol. The minimum Gasteiger partial charge on any atom is -0.464 e. The molecule has 0 rings (SSSR count). The Balaban J connectivity index is 0. The number of esters is 1. The van der Waals surface area contributed by atoms with Crippen LogP contribution >= 0.6 is 0 Å². The van der Waals surface area contributed by atoms with Crippen molar-refractivity contribution in [2.45, 2.75) is 26.4 Å². The van der Waals surface area contributed by atoms with Crippen LogP contribution in [0.1, 0.15) is 20.3 Å².